The molecule has 2 amide bonds. The van der Waals surface area contributed by atoms with Gasteiger partial charge in [0, 0.05) is 16.9 Å². The second kappa shape index (κ2) is 10.3. The van der Waals surface area contributed by atoms with Crippen LogP contribution in [0.3, 0.4) is 0 Å². The molecule has 1 aromatic heterocycles. The number of urea groups is 1. The van der Waals surface area contributed by atoms with Crippen molar-refractivity contribution in [1.82, 2.24) is 14.8 Å². The van der Waals surface area contributed by atoms with Crippen molar-refractivity contribution in [3.63, 3.8) is 0 Å². The fourth-order valence-electron chi connectivity index (χ4n) is 3.44. The number of alkyl halides is 3. The third kappa shape index (κ3) is 6.38. The molecule has 1 heterocycles. The van der Waals surface area contributed by atoms with Crippen molar-refractivity contribution >= 4 is 17.4 Å². The largest absolute Gasteiger partial charge is 0.573 e. The molecule has 0 atom stereocenters. The predicted octanol–water partition coefficient (Wildman–Crippen LogP) is 6.43. The lowest BCUT2D eigenvalue weighted by Crippen LogP contribution is -2.20. The molecule has 0 unspecified atom stereocenters. The van der Waals surface area contributed by atoms with Crippen LogP contribution >= 0.6 is 0 Å². The Morgan fingerprint density at radius 1 is 0.971 bits per heavy atom. The van der Waals surface area contributed by atoms with Crippen LogP contribution in [0.25, 0.3) is 17.1 Å². The number of aryl methyl sites for hydroxylation is 1. The highest BCUT2D eigenvalue weighted by atomic mass is 19.4. The van der Waals surface area contributed by atoms with Crippen LogP contribution in [0.1, 0.15) is 18.9 Å². The number of amides is 2. The summed E-state index contributed by atoms with van der Waals surface area (Å²) in [5, 5.41) is 10.1. The minimum absolute atomic E-state index is 0.317. The van der Waals surface area contributed by atoms with E-state index in [4.69, 9.17) is 0 Å². The van der Waals surface area contributed by atoms with Crippen molar-refractivity contribution < 1.29 is 22.7 Å². The van der Waals surface area contributed by atoms with Crippen LogP contribution in [0.4, 0.5) is 29.3 Å². The number of aromatic nitrogens is 3. The molecule has 0 saturated heterocycles. The summed E-state index contributed by atoms with van der Waals surface area (Å²) >= 11 is 0. The summed E-state index contributed by atoms with van der Waals surface area (Å²) in [6.45, 7) is 2.08. The van der Waals surface area contributed by atoms with E-state index in [1.54, 1.807) is 24.3 Å². The van der Waals surface area contributed by atoms with Crippen LogP contribution in [0.5, 0.6) is 5.75 Å². The number of carbonyl (C=O) groups is 1. The Morgan fingerprint density at radius 2 is 1.69 bits per heavy atom. The minimum Gasteiger partial charge on any atom is -0.406 e. The van der Waals surface area contributed by atoms with Crippen molar-refractivity contribution in [2.24, 2.45) is 0 Å². The molecular weight excluding hydrogens is 459 g/mol. The van der Waals surface area contributed by atoms with Crippen molar-refractivity contribution in [2.75, 3.05) is 10.6 Å². The van der Waals surface area contributed by atoms with Gasteiger partial charge in [-0.3, -0.25) is 0 Å². The van der Waals surface area contributed by atoms with Gasteiger partial charge in [-0.15, -0.1) is 18.3 Å². The van der Waals surface area contributed by atoms with Crippen LogP contribution < -0.4 is 15.4 Å². The lowest BCUT2D eigenvalue weighted by molar-refractivity contribution is -0.274. The number of halogens is 3. The van der Waals surface area contributed by atoms with E-state index >= 15 is 0 Å². The van der Waals surface area contributed by atoms with E-state index in [0.29, 0.717) is 22.8 Å². The van der Waals surface area contributed by atoms with Gasteiger partial charge in [0.25, 0.3) is 0 Å². The molecule has 4 aromatic rings. The van der Waals surface area contributed by atoms with Gasteiger partial charge in [0.2, 0.25) is 0 Å². The Bertz CT molecular complexity index is 1290. The van der Waals surface area contributed by atoms with Gasteiger partial charge in [-0.05, 0) is 66.6 Å². The maximum atomic E-state index is 12.4. The number of hydrogen-bond acceptors (Lipinski definition) is 4. The average Bonchev–Trinajstić information content (AvgIpc) is 3.31. The summed E-state index contributed by atoms with van der Waals surface area (Å²) in [5.41, 5.74) is 3.68. The topological polar surface area (TPSA) is 81.1 Å². The van der Waals surface area contributed by atoms with Crippen LogP contribution in [-0.4, -0.2) is 27.2 Å². The average molecular weight is 481 g/mol. The molecule has 0 radical (unpaired) electrons. The molecule has 3 aromatic carbocycles. The van der Waals surface area contributed by atoms with Crippen molar-refractivity contribution in [3.8, 4) is 22.8 Å². The van der Waals surface area contributed by atoms with Crippen LogP contribution in [0.15, 0.2) is 79.1 Å². The maximum Gasteiger partial charge on any atom is 0.573 e. The molecule has 0 saturated carbocycles. The van der Waals surface area contributed by atoms with Crippen molar-refractivity contribution in [2.45, 2.75) is 26.1 Å². The third-order valence-corrected chi connectivity index (χ3v) is 5.01. The summed E-state index contributed by atoms with van der Waals surface area (Å²) < 4.78 is 42.3. The number of carbonyl (C=O) groups excluding carboxylic acids is 1. The van der Waals surface area contributed by atoms with E-state index in [1.165, 1.54) is 35.3 Å². The Morgan fingerprint density at radius 3 is 2.37 bits per heavy atom. The third-order valence-electron chi connectivity index (χ3n) is 5.01. The van der Waals surface area contributed by atoms with E-state index in [2.05, 4.69) is 32.4 Å². The first-order valence-electron chi connectivity index (χ1n) is 10.8. The van der Waals surface area contributed by atoms with E-state index in [-0.39, 0.29) is 11.8 Å². The van der Waals surface area contributed by atoms with Gasteiger partial charge in [-0.1, -0.05) is 31.5 Å². The zero-order chi connectivity index (χ0) is 24.8. The summed E-state index contributed by atoms with van der Waals surface area (Å²) in [7, 11) is 0. The molecule has 2 N–H and O–H groups in total. The lowest BCUT2D eigenvalue weighted by Gasteiger charge is -2.11. The highest BCUT2D eigenvalue weighted by Gasteiger charge is 2.31. The first-order chi connectivity index (χ1) is 16.8. The molecule has 35 heavy (non-hydrogen) atoms. The monoisotopic (exact) mass is 481 g/mol. The van der Waals surface area contributed by atoms with Gasteiger partial charge >= 0.3 is 12.4 Å². The number of ether oxygens (including phenoxy) is 1. The van der Waals surface area contributed by atoms with Crippen LogP contribution in [0, 0.1) is 0 Å². The molecule has 0 aliphatic carbocycles. The predicted molar refractivity (Wildman–Crippen MR) is 127 cm³/mol. The quantitative estimate of drug-likeness (QED) is 0.319. The summed E-state index contributed by atoms with van der Waals surface area (Å²) in [6, 6.07) is 19.6. The summed E-state index contributed by atoms with van der Waals surface area (Å²) in [5.74, 6) is 0.104. The van der Waals surface area contributed by atoms with Crippen molar-refractivity contribution in [3.05, 3.63) is 84.7 Å². The van der Waals surface area contributed by atoms with E-state index in [1.807, 2.05) is 24.3 Å². The summed E-state index contributed by atoms with van der Waals surface area (Å²) in [4.78, 5) is 16.7. The summed E-state index contributed by atoms with van der Waals surface area (Å²) in [6.07, 6.45) is -1.44. The van der Waals surface area contributed by atoms with Crippen molar-refractivity contribution in [1.29, 1.82) is 0 Å². The van der Waals surface area contributed by atoms with Gasteiger partial charge in [0.15, 0.2) is 5.82 Å². The highest BCUT2D eigenvalue weighted by Crippen LogP contribution is 2.24. The number of nitrogens with zero attached hydrogens (tertiary/aromatic N) is 3. The second-order valence-corrected chi connectivity index (χ2v) is 7.62. The van der Waals surface area contributed by atoms with Gasteiger partial charge in [0.05, 0.1) is 5.69 Å². The maximum absolute atomic E-state index is 12.4. The van der Waals surface area contributed by atoms with Crippen LogP contribution in [0.2, 0.25) is 0 Å². The Hall–Kier alpha value is -4.34. The first kappa shape index (κ1) is 23.8. The molecule has 0 spiro atoms. The number of nitrogens with one attached hydrogen (secondary N) is 2. The number of rotatable bonds is 7. The molecule has 4 rings (SSSR count). The van der Waals surface area contributed by atoms with Gasteiger partial charge in [-0.2, -0.15) is 0 Å². The zero-order valence-electron chi connectivity index (χ0n) is 18.7. The molecular formula is C25H22F3N5O2. The Labute approximate surface area is 199 Å². The molecule has 7 nitrogen and oxygen atoms in total. The number of para-hydroxylation sites is 1. The highest BCUT2D eigenvalue weighted by molar-refractivity contribution is 6.00. The lowest BCUT2D eigenvalue weighted by atomic mass is 10.1. The number of benzene rings is 3. The molecule has 10 heteroatoms. The van der Waals surface area contributed by atoms with Crippen LogP contribution in [-0.2, 0) is 6.42 Å². The van der Waals surface area contributed by atoms with Gasteiger partial charge in [-0.25, -0.2) is 14.5 Å². The standard InChI is InChI=1S/C25H22F3N5O2/c1-2-5-17-6-3-4-7-22(17)31-24(34)30-19-10-8-18(9-11-19)23-29-16-33(32-23)20-12-14-21(15-13-20)35-25(26,27)28/h3-4,6-16H,2,5H2,1H3,(H2,30,31,34). The SMILES string of the molecule is CCCc1ccccc1NC(=O)Nc1ccc(-c2ncn(-c3ccc(OC(F)(F)F)cc3)n2)cc1. The fourth-order valence-corrected chi connectivity index (χ4v) is 3.44. The molecule has 0 aliphatic heterocycles. The first-order valence-corrected chi connectivity index (χ1v) is 10.8. The number of anilines is 2. The second-order valence-electron chi connectivity index (χ2n) is 7.62. The number of hydrogen-bond donors (Lipinski definition) is 2. The van der Waals surface area contributed by atoms with Gasteiger partial charge < -0.3 is 15.4 Å². The molecule has 180 valence electrons. The molecule has 0 fully saturated rings. The Balaban J connectivity index is 1.39. The van der Waals surface area contributed by atoms with E-state index in [9.17, 15) is 18.0 Å². The van der Waals surface area contributed by atoms with E-state index < -0.39 is 6.36 Å². The zero-order valence-corrected chi connectivity index (χ0v) is 18.7. The molecule has 0 bridgehead atoms. The van der Waals surface area contributed by atoms with Gasteiger partial charge in [0.1, 0.15) is 12.1 Å². The fraction of sp³-hybridized carbons (Fsp3) is 0.160. The normalized spacial score (nSPS) is 11.2. The molecule has 0 aliphatic rings. The smallest absolute Gasteiger partial charge is 0.406 e. The minimum atomic E-state index is -4.75. The Kier molecular flexibility index (Phi) is 7.00. The van der Waals surface area contributed by atoms with E-state index in [0.717, 1.165) is 24.1 Å².